The Labute approximate surface area is 164 Å². The average Bonchev–Trinajstić information content (AvgIpc) is 3.03. The maximum Gasteiger partial charge on any atom is 0.265 e. The minimum Gasteiger partial charge on any atom is -0.338 e. The van der Waals surface area contributed by atoms with E-state index in [1.165, 1.54) is 21.2 Å². The van der Waals surface area contributed by atoms with Gasteiger partial charge in [0.1, 0.15) is 9.77 Å². The minimum atomic E-state index is -3.69. The van der Waals surface area contributed by atoms with Crippen molar-refractivity contribution < 1.29 is 13.2 Å². The summed E-state index contributed by atoms with van der Waals surface area (Å²) >= 11 is 1.24. The molecule has 5 nitrogen and oxygen atoms in total. The molecule has 27 heavy (non-hydrogen) atoms. The fourth-order valence-corrected chi connectivity index (χ4v) is 6.67. The summed E-state index contributed by atoms with van der Waals surface area (Å²) in [5.74, 6) is -0.136. The third-order valence-corrected chi connectivity index (χ3v) is 8.35. The van der Waals surface area contributed by atoms with E-state index in [2.05, 4.69) is 6.07 Å². The smallest absolute Gasteiger partial charge is 0.265 e. The number of sulfonamides is 1. The summed E-state index contributed by atoms with van der Waals surface area (Å²) in [6.45, 7) is 2.25. The number of hydrogen-bond acceptors (Lipinski definition) is 4. The number of carbonyl (C=O) groups is 1. The van der Waals surface area contributed by atoms with Gasteiger partial charge in [-0.2, -0.15) is 4.31 Å². The molecule has 2 aromatic rings. The van der Waals surface area contributed by atoms with E-state index in [0.29, 0.717) is 37.5 Å². The van der Waals surface area contributed by atoms with Gasteiger partial charge in [-0.15, -0.1) is 11.3 Å². The molecule has 2 aliphatic rings. The number of hydrogen-bond donors (Lipinski definition) is 0. The van der Waals surface area contributed by atoms with Gasteiger partial charge in [-0.25, -0.2) is 8.42 Å². The average molecular weight is 405 g/mol. The number of amides is 1. The van der Waals surface area contributed by atoms with Gasteiger partial charge in [0.05, 0.1) is 0 Å². The second-order valence-electron chi connectivity index (χ2n) is 7.18. The van der Waals surface area contributed by atoms with Gasteiger partial charge in [-0.3, -0.25) is 4.79 Å². The number of rotatable bonds is 3. The molecule has 0 N–H and O–H groups in total. The first kappa shape index (κ1) is 18.7. The lowest BCUT2D eigenvalue weighted by atomic mass is 10.0. The third kappa shape index (κ3) is 3.68. The van der Waals surface area contributed by atoms with Gasteiger partial charge in [-0.05, 0) is 41.8 Å². The normalized spacial score (nSPS) is 18.7. The fourth-order valence-electron chi connectivity index (χ4n) is 3.89. The monoisotopic (exact) mass is 404 g/mol. The van der Waals surface area contributed by atoms with Gasteiger partial charge in [0.25, 0.3) is 5.91 Å². The van der Waals surface area contributed by atoms with E-state index in [-0.39, 0.29) is 10.8 Å². The summed E-state index contributed by atoms with van der Waals surface area (Å²) in [6, 6.07) is 9.55. The molecule has 0 spiro atoms. The maximum absolute atomic E-state index is 13.3. The largest absolute Gasteiger partial charge is 0.338 e. The highest BCUT2D eigenvalue weighted by atomic mass is 32.2. The van der Waals surface area contributed by atoms with Gasteiger partial charge >= 0.3 is 0 Å². The van der Waals surface area contributed by atoms with Crippen molar-refractivity contribution in [3.63, 3.8) is 0 Å². The van der Waals surface area contributed by atoms with Crippen molar-refractivity contribution in [2.45, 2.75) is 43.5 Å². The number of nitrogens with zero attached hydrogens (tertiary/aromatic N) is 2. The molecule has 0 radical (unpaired) electrons. The Morgan fingerprint density at radius 3 is 2.37 bits per heavy atom. The van der Waals surface area contributed by atoms with Crippen LogP contribution >= 0.6 is 11.3 Å². The Morgan fingerprint density at radius 2 is 1.63 bits per heavy atom. The molecular weight excluding hydrogens is 380 g/mol. The molecule has 7 heteroatoms. The molecule has 3 heterocycles. The summed E-state index contributed by atoms with van der Waals surface area (Å²) in [7, 11) is -3.69. The summed E-state index contributed by atoms with van der Waals surface area (Å²) in [6.07, 6.45) is 4.94. The molecule has 0 saturated carbocycles. The van der Waals surface area contributed by atoms with Crippen molar-refractivity contribution in [1.29, 1.82) is 0 Å². The predicted octanol–water partition coefficient (Wildman–Crippen LogP) is 3.51. The standard InChI is InChI=1S/C20H24N2O3S2/c23-20(21-11-5-1-2-6-12-21)19-18(10-14-26-19)27(24,25)22-13-9-16-7-3-4-8-17(16)15-22/h3-4,7-8,10,14H,1-2,5-6,9,11-13,15H2. The minimum absolute atomic E-state index is 0.136. The van der Waals surface area contributed by atoms with Crippen LogP contribution in [0, 0.1) is 0 Å². The lowest BCUT2D eigenvalue weighted by Gasteiger charge is -2.28. The number of benzene rings is 1. The molecule has 1 saturated heterocycles. The summed E-state index contributed by atoms with van der Waals surface area (Å²) in [5.41, 5.74) is 2.25. The van der Waals surface area contributed by atoms with E-state index >= 15 is 0 Å². The van der Waals surface area contributed by atoms with Gasteiger partial charge < -0.3 is 4.90 Å². The van der Waals surface area contributed by atoms with E-state index < -0.39 is 10.0 Å². The van der Waals surface area contributed by atoms with E-state index in [0.717, 1.165) is 31.2 Å². The van der Waals surface area contributed by atoms with Crippen molar-refractivity contribution >= 4 is 27.3 Å². The number of likely N-dealkylation sites (tertiary alicyclic amines) is 1. The fraction of sp³-hybridized carbons (Fsp3) is 0.450. The Hall–Kier alpha value is -1.70. The van der Waals surface area contributed by atoms with Crippen molar-refractivity contribution in [3.05, 3.63) is 51.7 Å². The molecule has 0 bridgehead atoms. The van der Waals surface area contributed by atoms with E-state index in [9.17, 15) is 13.2 Å². The first-order chi connectivity index (χ1) is 13.1. The molecule has 0 atom stereocenters. The molecule has 4 rings (SSSR count). The molecule has 0 aliphatic carbocycles. The maximum atomic E-state index is 13.3. The lowest BCUT2D eigenvalue weighted by molar-refractivity contribution is 0.0763. The Kier molecular flexibility index (Phi) is 5.34. The van der Waals surface area contributed by atoms with Crippen LogP contribution in [0.2, 0.25) is 0 Å². The van der Waals surface area contributed by atoms with Crippen LogP contribution < -0.4 is 0 Å². The van der Waals surface area contributed by atoms with Crippen LogP contribution in [0.25, 0.3) is 0 Å². The second kappa shape index (κ2) is 7.73. The van der Waals surface area contributed by atoms with Crippen LogP contribution in [0.5, 0.6) is 0 Å². The van der Waals surface area contributed by atoms with Crippen molar-refractivity contribution in [2.75, 3.05) is 19.6 Å². The highest BCUT2D eigenvalue weighted by Gasteiger charge is 2.33. The second-order valence-corrected chi connectivity index (χ2v) is 10.0. The first-order valence-corrected chi connectivity index (χ1v) is 11.8. The van der Waals surface area contributed by atoms with Crippen LogP contribution in [0.3, 0.4) is 0 Å². The van der Waals surface area contributed by atoms with Gasteiger partial charge in [-0.1, -0.05) is 37.1 Å². The van der Waals surface area contributed by atoms with Crippen molar-refractivity contribution in [1.82, 2.24) is 9.21 Å². The third-order valence-electron chi connectivity index (χ3n) is 5.43. The zero-order chi connectivity index (χ0) is 18.9. The highest BCUT2D eigenvalue weighted by molar-refractivity contribution is 7.89. The Bertz CT molecular complexity index is 928. The molecule has 1 aromatic heterocycles. The van der Waals surface area contributed by atoms with E-state index in [1.54, 1.807) is 11.4 Å². The quantitative estimate of drug-likeness (QED) is 0.787. The van der Waals surface area contributed by atoms with Crippen LogP contribution in [0.15, 0.2) is 40.6 Å². The summed E-state index contributed by atoms with van der Waals surface area (Å²) < 4.78 is 28.1. The molecule has 1 fully saturated rings. The van der Waals surface area contributed by atoms with Gasteiger partial charge in [0, 0.05) is 26.2 Å². The molecule has 0 unspecified atom stereocenters. The lowest BCUT2D eigenvalue weighted by Crippen LogP contribution is -2.37. The van der Waals surface area contributed by atoms with Gasteiger partial charge in [0.2, 0.25) is 10.0 Å². The molecule has 1 amide bonds. The Morgan fingerprint density at radius 1 is 0.926 bits per heavy atom. The van der Waals surface area contributed by atoms with E-state index in [4.69, 9.17) is 0 Å². The van der Waals surface area contributed by atoms with Crippen molar-refractivity contribution in [3.8, 4) is 0 Å². The SMILES string of the molecule is O=C(c1sccc1S(=O)(=O)N1CCc2ccccc2C1)N1CCCCCC1. The number of carbonyl (C=O) groups excluding carboxylic acids is 1. The zero-order valence-electron chi connectivity index (χ0n) is 15.3. The predicted molar refractivity (Wildman–Crippen MR) is 106 cm³/mol. The number of fused-ring (bicyclic) bond motifs is 1. The van der Waals surface area contributed by atoms with Crippen LogP contribution in [-0.2, 0) is 23.0 Å². The van der Waals surface area contributed by atoms with Crippen LogP contribution in [0.4, 0.5) is 0 Å². The summed E-state index contributed by atoms with van der Waals surface area (Å²) in [4.78, 5) is 15.4. The number of thiophene rings is 1. The highest BCUT2D eigenvalue weighted by Crippen LogP contribution is 2.30. The topological polar surface area (TPSA) is 57.7 Å². The first-order valence-electron chi connectivity index (χ1n) is 9.51. The zero-order valence-corrected chi connectivity index (χ0v) is 16.9. The van der Waals surface area contributed by atoms with Crippen molar-refractivity contribution in [2.24, 2.45) is 0 Å². The van der Waals surface area contributed by atoms with E-state index in [1.807, 2.05) is 23.1 Å². The Balaban J connectivity index is 1.60. The molecule has 1 aromatic carbocycles. The molecule has 144 valence electrons. The van der Waals surface area contributed by atoms with Gasteiger partial charge in [0.15, 0.2) is 0 Å². The molecular formula is C20H24N2O3S2. The molecule has 2 aliphatic heterocycles. The van der Waals surface area contributed by atoms with Crippen LogP contribution in [-0.4, -0.2) is 43.2 Å². The van der Waals surface area contributed by atoms with Crippen LogP contribution in [0.1, 0.15) is 46.5 Å². The summed E-state index contributed by atoms with van der Waals surface area (Å²) in [5, 5.41) is 1.72.